The van der Waals surface area contributed by atoms with Crippen LogP contribution in [0.2, 0.25) is 0 Å². The van der Waals surface area contributed by atoms with Gasteiger partial charge in [-0.1, -0.05) is 6.92 Å². The van der Waals surface area contributed by atoms with Crippen molar-refractivity contribution < 1.29 is 8.91 Å². The summed E-state index contributed by atoms with van der Waals surface area (Å²) in [5.41, 5.74) is 0. The van der Waals surface area contributed by atoms with Gasteiger partial charge in [-0.05, 0) is 18.8 Å². The minimum atomic E-state index is -2.46. The summed E-state index contributed by atoms with van der Waals surface area (Å²) in [7, 11) is 0. The van der Waals surface area contributed by atoms with E-state index in [0.29, 0.717) is 19.0 Å². The summed E-state index contributed by atoms with van der Waals surface area (Å²) in [5, 5.41) is 0. The third-order valence-corrected chi connectivity index (χ3v) is 1.94. The van der Waals surface area contributed by atoms with Crippen molar-refractivity contribution in [2.75, 3.05) is 13.1 Å². The van der Waals surface area contributed by atoms with Crippen molar-refractivity contribution in [2.45, 2.75) is 26.6 Å². The summed E-state index contributed by atoms with van der Waals surface area (Å²) in [6.45, 7) is 0.773. The first-order valence-electron chi connectivity index (χ1n) is 5.20. The van der Waals surface area contributed by atoms with Crippen molar-refractivity contribution in [3.63, 3.8) is 0 Å². The Balaban J connectivity index is 2.56. The quantitative estimate of drug-likeness (QED) is 0.501. The molecule has 1 aliphatic rings. The first-order chi connectivity index (χ1) is 5.91. The summed E-state index contributed by atoms with van der Waals surface area (Å²) >= 11 is 0. The molecule has 2 heteroatoms. The van der Waals surface area contributed by atoms with Crippen LogP contribution in [-0.2, 0) is 4.79 Å². The van der Waals surface area contributed by atoms with Crippen LogP contribution >= 0.6 is 0 Å². The number of rotatable bonds is 0. The second kappa shape index (κ2) is 3.04. The van der Waals surface area contributed by atoms with Gasteiger partial charge in [0.1, 0.15) is 0 Å². The highest BCUT2D eigenvalue weighted by Crippen LogP contribution is 2.14. The maximum atomic E-state index is 11.3. The summed E-state index contributed by atoms with van der Waals surface area (Å²) < 4.78 is 20.9. The Hall–Kier alpha value is -0.530. The van der Waals surface area contributed by atoms with E-state index in [0.717, 1.165) is 12.8 Å². The first-order valence-corrected chi connectivity index (χ1v) is 3.70. The fourth-order valence-electron chi connectivity index (χ4n) is 1.37. The number of piperidine rings is 1. The molecule has 1 amide bonds. The Kier molecular flexibility index (Phi) is 1.33. The zero-order valence-corrected chi connectivity index (χ0v) is 6.26. The van der Waals surface area contributed by atoms with Gasteiger partial charge in [0, 0.05) is 24.1 Å². The number of hydrogen-bond acceptors (Lipinski definition) is 1. The van der Waals surface area contributed by atoms with Crippen LogP contribution in [0.15, 0.2) is 0 Å². The van der Waals surface area contributed by atoms with Crippen molar-refractivity contribution in [1.29, 1.82) is 0 Å². The second-order valence-corrected chi connectivity index (χ2v) is 3.00. The predicted molar refractivity (Wildman–Crippen MR) is 40.7 cm³/mol. The van der Waals surface area contributed by atoms with Crippen LogP contribution in [0.4, 0.5) is 0 Å². The first kappa shape index (κ1) is 4.37. The molecule has 2 nitrogen and oxygen atoms in total. The lowest BCUT2D eigenvalue weighted by molar-refractivity contribution is -0.130. The standard InChI is InChI=1S/C8H15NO/c1-7-4-3-5-9(6-7)8(2)10/h7H,3-6H2,1-2H3/i2D3. The molecule has 0 radical (unpaired) electrons. The van der Waals surface area contributed by atoms with Crippen LogP contribution in [0.5, 0.6) is 0 Å². The maximum absolute atomic E-state index is 11.3. The van der Waals surface area contributed by atoms with Gasteiger partial charge in [-0.25, -0.2) is 0 Å². The van der Waals surface area contributed by atoms with E-state index < -0.39 is 12.8 Å². The lowest BCUT2D eigenvalue weighted by Gasteiger charge is -2.29. The summed E-state index contributed by atoms with van der Waals surface area (Å²) in [4.78, 5) is 12.8. The number of hydrogen-bond donors (Lipinski definition) is 0. The van der Waals surface area contributed by atoms with Gasteiger partial charge in [0.25, 0.3) is 0 Å². The van der Waals surface area contributed by atoms with Gasteiger partial charge in [0.15, 0.2) is 0 Å². The van der Waals surface area contributed by atoms with E-state index >= 15 is 0 Å². The van der Waals surface area contributed by atoms with Crippen molar-refractivity contribution in [2.24, 2.45) is 5.92 Å². The van der Waals surface area contributed by atoms with E-state index in [1.807, 2.05) is 6.92 Å². The Morgan fingerprint density at radius 1 is 1.80 bits per heavy atom. The fourth-order valence-corrected chi connectivity index (χ4v) is 1.37. The fraction of sp³-hybridized carbons (Fsp3) is 0.875. The Morgan fingerprint density at radius 2 is 2.60 bits per heavy atom. The Morgan fingerprint density at radius 3 is 3.20 bits per heavy atom. The van der Waals surface area contributed by atoms with E-state index in [9.17, 15) is 4.79 Å². The largest absolute Gasteiger partial charge is 0.343 e. The minimum absolute atomic E-state index is 0.431. The van der Waals surface area contributed by atoms with Crippen molar-refractivity contribution >= 4 is 5.91 Å². The minimum Gasteiger partial charge on any atom is -0.343 e. The molecule has 1 aliphatic heterocycles. The molecular formula is C8H15NO. The molecule has 1 rings (SSSR count). The van der Waals surface area contributed by atoms with Crippen LogP contribution in [0.25, 0.3) is 0 Å². The average Bonchev–Trinajstić information content (AvgIpc) is 2.01. The molecule has 10 heavy (non-hydrogen) atoms. The monoisotopic (exact) mass is 144 g/mol. The Labute approximate surface area is 66.4 Å². The molecule has 58 valence electrons. The molecule has 1 atom stereocenters. The molecule has 0 bridgehead atoms. The third-order valence-electron chi connectivity index (χ3n) is 1.94. The van der Waals surface area contributed by atoms with E-state index in [1.165, 1.54) is 4.90 Å². The van der Waals surface area contributed by atoms with Crippen LogP contribution in [0, 0.1) is 5.92 Å². The molecule has 0 spiro atoms. The van der Waals surface area contributed by atoms with Crippen LogP contribution in [0.1, 0.15) is 30.7 Å². The van der Waals surface area contributed by atoms with Gasteiger partial charge >= 0.3 is 0 Å². The Bertz CT molecular complexity index is 202. The smallest absolute Gasteiger partial charge is 0.219 e. The van der Waals surface area contributed by atoms with E-state index in [-0.39, 0.29) is 0 Å². The van der Waals surface area contributed by atoms with Crippen LogP contribution in [0.3, 0.4) is 0 Å². The van der Waals surface area contributed by atoms with Crippen LogP contribution < -0.4 is 0 Å². The zero-order valence-electron chi connectivity index (χ0n) is 9.26. The average molecular weight is 144 g/mol. The number of likely N-dealkylation sites (tertiary alicyclic amines) is 1. The van der Waals surface area contributed by atoms with E-state index in [1.54, 1.807) is 0 Å². The van der Waals surface area contributed by atoms with Gasteiger partial charge < -0.3 is 4.90 Å². The SMILES string of the molecule is [2H]C([2H])([2H])C(=O)N1CCCC(C)C1. The molecule has 1 fully saturated rings. The van der Waals surface area contributed by atoms with E-state index in [2.05, 4.69) is 0 Å². The van der Waals surface area contributed by atoms with Crippen LogP contribution in [-0.4, -0.2) is 23.9 Å². The zero-order chi connectivity index (χ0) is 10.1. The maximum Gasteiger partial charge on any atom is 0.219 e. The van der Waals surface area contributed by atoms with Crippen molar-refractivity contribution in [3.8, 4) is 0 Å². The molecule has 1 saturated heterocycles. The summed E-state index contributed by atoms with van der Waals surface area (Å²) in [6.07, 6.45) is 2.01. The number of carbonyl (C=O) groups excluding carboxylic acids is 1. The summed E-state index contributed by atoms with van der Waals surface area (Å²) in [6, 6.07) is 0. The third kappa shape index (κ3) is 1.72. The van der Waals surface area contributed by atoms with E-state index in [4.69, 9.17) is 4.11 Å². The normalized spacial score (nSPS) is 32.3. The van der Waals surface area contributed by atoms with Gasteiger partial charge in [0.2, 0.25) is 5.91 Å². The summed E-state index contributed by atoms with van der Waals surface area (Å²) in [5.74, 6) is -0.265. The number of nitrogens with zero attached hydrogens (tertiary/aromatic N) is 1. The molecule has 0 N–H and O–H groups in total. The predicted octanol–water partition coefficient (Wildman–Crippen LogP) is 1.26. The second-order valence-electron chi connectivity index (χ2n) is 3.00. The van der Waals surface area contributed by atoms with Gasteiger partial charge in [-0.3, -0.25) is 4.79 Å². The lowest BCUT2D eigenvalue weighted by atomic mass is 10.0. The molecule has 0 aromatic rings. The highest BCUT2D eigenvalue weighted by molar-refractivity contribution is 5.73. The van der Waals surface area contributed by atoms with Crippen molar-refractivity contribution in [1.82, 2.24) is 4.90 Å². The lowest BCUT2D eigenvalue weighted by Crippen LogP contribution is -2.37. The van der Waals surface area contributed by atoms with Gasteiger partial charge in [0.05, 0.1) is 0 Å². The molecule has 0 saturated carbocycles. The number of amides is 1. The van der Waals surface area contributed by atoms with Crippen molar-refractivity contribution in [3.05, 3.63) is 0 Å². The molecule has 1 unspecified atom stereocenters. The topological polar surface area (TPSA) is 20.3 Å². The molecule has 0 aromatic carbocycles. The molecule has 1 heterocycles. The highest BCUT2D eigenvalue weighted by Gasteiger charge is 2.17. The molecule has 0 aliphatic carbocycles. The molecular weight excluding hydrogens is 126 g/mol. The molecule has 0 aromatic heterocycles. The highest BCUT2D eigenvalue weighted by atomic mass is 16.2. The van der Waals surface area contributed by atoms with Gasteiger partial charge in [-0.15, -0.1) is 0 Å². The van der Waals surface area contributed by atoms with Gasteiger partial charge in [-0.2, -0.15) is 0 Å². The number of carbonyl (C=O) groups is 1.